The second kappa shape index (κ2) is 12.8. The molecule has 4 nitrogen and oxygen atoms in total. The Morgan fingerprint density at radius 2 is 1.92 bits per heavy atom. The number of benzene rings is 1. The highest BCUT2D eigenvalue weighted by Crippen LogP contribution is 2.17. The van der Waals surface area contributed by atoms with Crippen LogP contribution in [0, 0.1) is 5.92 Å². The molecule has 0 aromatic heterocycles. The van der Waals surface area contributed by atoms with Crippen LogP contribution in [0.4, 0.5) is 0 Å². The zero-order valence-corrected chi connectivity index (χ0v) is 19.8. The molecule has 0 atom stereocenters. The fraction of sp³-hybridized carbons (Fsp3) is 0.650. The molecular formula is C20H35IN4S. The van der Waals surface area contributed by atoms with Crippen LogP contribution in [0.1, 0.15) is 31.7 Å². The summed E-state index contributed by atoms with van der Waals surface area (Å²) in [5, 5.41) is 3.58. The molecule has 1 aromatic carbocycles. The zero-order chi connectivity index (χ0) is 18.1. The quantitative estimate of drug-likeness (QED) is 0.269. The highest BCUT2D eigenvalue weighted by Gasteiger charge is 2.19. The summed E-state index contributed by atoms with van der Waals surface area (Å²) < 4.78 is 0. The minimum Gasteiger partial charge on any atom is -0.356 e. The molecule has 148 valence electrons. The molecule has 1 aliphatic rings. The molecule has 0 spiro atoms. The van der Waals surface area contributed by atoms with Gasteiger partial charge in [-0.05, 0) is 68.8 Å². The Labute approximate surface area is 181 Å². The molecule has 2 rings (SSSR count). The van der Waals surface area contributed by atoms with Gasteiger partial charge in [0.25, 0.3) is 0 Å². The van der Waals surface area contributed by atoms with Crippen molar-refractivity contribution in [3.05, 3.63) is 29.8 Å². The van der Waals surface area contributed by atoms with Crippen molar-refractivity contribution in [2.24, 2.45) is 10.9 Å². The fourth-order valence-electron chi connectivity index (χ4n) is 3.43. The van der Waals surface area contributed by atoms with Gasteiger partial charge < -0.3 is 15.1 Å². The maximum Gasteiger partial charge on any atom is 0.193 e. The van der Waals surface area contributed by atoms with Crippen LogP contribution in [-0.2, 0) is 6.54 Å². The number of thioether (sulfide) groups is 1. The van der Waals surface area contributed by atoms with Gasteiger partial charge >= 0.3 is 0 Å². The first-order valence-corrected chi connectivity index (χ1v) is 10.7. The third-order valence-corrected chi connectivity index (χ3v) is 5.69. The third kappa shape index (κ3) is 7.64. The predicted molar refractivity (Wildman–Crippen MR) is 126 cm³/mol. The van der Waals surface area contributed by atoms with Gasteiger partial charge in [0.1, 0.15) is 0 Å². The van der Waals surface area contributed by atoms with Crippen LogP contribution in [0.15, 0.2) is 34.2 Å². The van der Waals surface area contributed by atoms with Crippen LogP contribution in [0.25, 0.3) is 0 Å². The molecule has 0 amide bonds. The van der Waals surface area contributed by atoms with Crippen molar-refractivity contribution in [1.29, 1.82) is 0 Å². The summed E-state index contributed by atoms with van der Waals surface area (Å²) in [5.41, 5.74) is 1.32. The van der Waals surface area contributed by atoms with Crippen molar-refractivity contribution in [1.82, 2.24) is 15.1 Å². The molecule has 0 bridgehead atoms. The maximum atomic E-state index is 4.46. The number of guanidine groups is 1. The SMILES string of the molecule is CCCN1CCC(CNC(=NC)N(C)Cc2ccc(SC)cc2)CC1.I. The van der Waals surface area contributed by atoms with E-state index in [4.69, 9.17) is 0 Å². The molecule has 0 aliphatic carbocycles. The van der Waals surface area contributed by atoms with Crippen LogP contribution < -0.4 is 5.32 Å². The number of piperidine rings is 1. The van der Waals surface area contributed by atoms with Gasteiger partial charge in [0.15, 0.2) is 5.96 Å². The van der Waals surface area contributed by atoms with Crippen LogP contribution in [-0.4, -0.2) is 62.3 Å². The van der Waals surface area contributed by atoms with Gasteiger partial charge in [-0.2, -0.15) is 0 Å². The Morgan fingerprint density at radius 3 is 2.46 bits per heavy atom. The van der Waals surface area contributed by atoms with Gasteiger partial charge in [0, 0.05) is 32.1 Å². The Morgan fingerprint density at radius 1 is 1.27 bits per heavy atom. The molecule has 1 saturated heterocycles. The molecule has 26 heavy (non-hydrogen) atoms. The van der Waals surface area contributed by atoms with Gasteiger partial charge in [-0.1, -0.05) is 19.1 Å². The van der Waals surface area contributed by atoms with Gasteiger partial charge in [-0.25, -0.2) is 0 Å². The first-order chi connectivity index (χ1) is 12.2. The number of rotatable bonds is 7. The topological polar surface area (TPSA) is 30.9 Å². The average molecular weight is 490 g/mol. The van der Waals surface area contributed by atoms with Crippen molar-refractivity contribution >= 4 is 41.7 Å². The van der Waals surface area contributed by atoms with Gasteiger partial charge in [-0.15, -0.1) is 35.7 Å². The van der Waals surface area contributed by atoms with Crippen LogP contribution >= 0.6 is 35.7 Å². The first-order valence-electron chi connectivity index (χ1n) is 9.43. The standard InChI is InChI=1S/C20H34N4S.HI/c1-5-12-24-13-10-17(11-14-24)15-22-20(21-2)23(3)16-18-6-8-19(25-4)9-7-18;/h6-9,17H,5,10-16H2,1-4H3,(H,21,22);1H. The number of hydrogen-bond donors (Lipinski definition) is 1. The molecule has 0 saturated carbocycles. The third-order valence-electron chi connectivity index (χ3n) is 4.95. The predicted octanol–water partition coefficient (Wildman–Crippen LogP) is 4.16. The van der Waals surface area contributed by atoms with E-state index in [1.54, 1.807) is 11.8 Å². The lowest BCUT2D eigenvalue weighted by Gasteiger charge is -2.32. The molecule has 0 unspecified atom stereocenters. The second-order valence-electron chi connectivity index (χ2n) is 6.92. The molecular weight excluding hydrogens is 455 g/mol. The molecule has 0 radical (unpaired) electrons. The zero-order valence-electron chi connectivity index (χ0n) is 16.7. The van der Waals surface area contributed by atoms with Crippen molar-refractivity contribution in [3.63, 3.8) is 0 Å². The van der Waals surface area contributed by atoms with E-state index >= 15 is 0 Å². The lowest BCUT2D eigenvalue weighted by atomic mass is 9.97. The average Bonchev–Trinajstić information content (AvgIpc) is 2.64. The smallest absolute Gasteiger partial charge is 0.193 e. The molecule has 1 heterocycles. The molecule has 1 fully saturated rings. The van der Waals surface area contributed by atoms with Crippen molar-refractivity contribution in [2.45, 2.75) is 37.6 Å². The first kappa shape index (κ1) is 23.6. The lowest BCUT2D eigenvalue weighted by molar-refractivity contribution is 0.185. The van der Waals surface area contributed by atoms with E-state index < -0.39 is 0 Å². The normalized spacial score (nSPS) is 16.2. The largest absolute Gasteiger partial charge is 0.356 e. The van der Waals surface area contributed by atoms with Gasteiger partial charge in [-0.3, -0.25) is 4.99 Å². The molecule has 1 aromatic rings. The minimum absolute atomic E-state index is 0. The molecule has 6 heteroatoms. The number of nitrogens with zero attached hydrogens (tertiary/aromatic N) is 3. The van der Waals surface area contributed by atoms with Crippen molar-refractivity contribution in [2.75, 3.05) is 46.5 Å². The second-order valence-corrected chi connectivity index (χ2v) is 7.80. The Hall–Kier alpha value is -0.470. The van der Waals surface area contributed by atoms with E-state index in [2.05, 4.69) is 64.6 Å². The van der Waals surface area contributed by atoms with E-state index in [0.29, 0.717) is 0 Å². The number of likely N-dealkylation sites (tertiary alicyclic amines) is 1. The minimum atomic E-state index is 0. The van der Waals surface area contributed by atoms with Gasteiger partial charge in [0.2, 0.25) is 0 Å². The summed E-state index contributed by atoms with van der Waals surface area (Å²) in [5.74, 6) is 1.75. The fourth-order valence-corrected chi connectivity index (χ4v) is 3.84. The molecule has 1 aliphatic heterocycles. The van der Waals surface area contributed by atoms with Crippen molar-refractivity contribution in [3.8, 4) is 0 Å². The van der Waals surface area contributed by atoms with Crippen molar-refractivity contribution < 1.29 is 0 Å². The van der Waals surface area contributed by atoms with Gasteiger partial charge in [0.05, 0.1) is 0 Å². The Bertz CT molecular complexity index is 527. The monoisotopic (exact) mass is 490 g/mol. The summed E-state index contributed by atoms with van der Waals surface area (Å²) in [4.78, 5) is 10.6. The Balaban J connectivity index is 0.00000338. The van der Waals surface area contributed by atoms with E-state index in [1.807, 2.05) is 7.05 Å². The highest BCUT2D eigenvalue weighted by molar-refractivity contribution is 14.0. The number of halogens is 1. The summed E-state index contributed by atoms with van der Waals surface area (Å²) in [6.45, 7) is 7.92. The van der Waals surface area contributed by atoms with E-state index in [-0.39, 0.29) is 24.0 Å². The summed E-state index contributed by atoms with van der Waals surface area (Å²) in [6.07, 6.45) is 5.96. The summed E-state index contributed by atoms with van der Waals surface area (Å²) >= 11 is 1.78. The summed E-state index contributed by atoms with van der Waals surface area (Å²) in [7, 11) is 3.99. The van der Waals surface area contributed by atoms with Crippen LogP contribution in [0.3, 0.4) is 0 Å². The van der Waals surface area contributed by atoms with E-state index in [9.17, 15) is 0 Å². The molecule has 1 N–H and O–H groups in total. The number of aliphatic imine (C=N–C) groups is 1. The maximum absolute atomic E-state index is 4.46. The summed E-state index contributed by atoms with van der Waals surface area (Å²) in [6, 6.07) is 8.79. The number of hydrogen-bond acceptors (Lipinski definition) is 3. The highest BCUT2D eigenvalue weighted by atomic mass is 127. The number of nitrogens with one attached hydrogen (secondary N) is 1. The van der Waals surface area contributed by atoms with E-state index in [0.717, 1.165) is 25.0 Å². The Kier molecular flexibility index (Phi) is 11.6. The lowest BCUT2D eigenvalue weighted by Crippen LogP contribution is -2.43. The van der Waals surface area contributed by atoms with Crippen LogP contribution in [0.5, 0.6) is 0 Å². The van der Waals surface area contributed by atoms with E-state index in [1.165, 1.54) is 49.4 Å². The van der Waals surface area contributed by atoms with Crippen LogP contribution in [0.2, 0.25) is 0 Å².